The van der Waals surface area contributed by atoms with Crippen LogP contribution in [0.4, 0.5) is 5.69 Å². The van der Waals surface area contributed by atoms with Crippen LogP contribution in [-0.2, 0) is 0 Å². The van der Waals surface area contributed by atoms with E-state index in [1.54, 1.807) is 6.20 Å². The lowest BCUT2D eigenvalue weighted by Gasteiger charge is -2.12. The number of hydrogen-bond acceptors (Lipinski definition) is 3. The van der Waals surface area contributed by atoms with E-state index in [4.69, 9.17) is 5.73 Å². The van der Waals surface area contributed by atoms with Gasteiger partial charge in [0.1, 0.15) is 0 Å². The lowest BCUT2D eigenvalue weighted by molar-refractivity contribution is 0.509. The number of nitrogens with two attached hydrogens (primary N) is 1. The number of aromatic amines is 1. The Morgan fingerprint density at radius 2 is 2.43 bits per heavy atom. The molecule has 0 spiro atoms. The molecule has 5 heteroatoms. The molecule has 2 heterocycles. The first kappa shape index (κ1) is 8.80. The largest absolute Gasteiger partial charge is 0.396 e. The van der Waals surface area contributed by atoms with Crippen molar-refractivity contribution in [3.8, 4) is 0 Å². The number of nitrogens with one attached hydrogen (secondary N) is 1. The fourth-order valence-corrected chi connectivity index (χ4v) is 1.54. The molecule has 0 bridgehead atoms. The van der Waals surface area contributed by atoms with Crippen molar-refractivity contribution in [3.63, 3.8) is 0 Å². The van der Waals surface area contributed by atoms with Crippen molar-refractivity contribution < 1.29 is 0 Å². The lowest BCUT2D eigenvalue weighted by atomic mass is 10.1. The molecule has 3 N–H and O–H groups in total. The second-order valence-electron chi connectivity index (χ2n) is 3.21. The molecule has 2 rings (SSSR count). The molecule has 1 atom stereocenters. The Bertz CT molecular complexity index is 389. The summed E-state index contributed by atoms with van der Waals surface area (Å²) in [6.45, 7) is 2.11. The molecule has 2 aromatic rings. The van der Waals surface area contributed by atoms with E-state index in [-0.39, 0.29) is 6.04 Å². The molecule has 0 saturated heterocycles. The van der Waals surface area contributed by atoms with Crippen LogP contribution in [0.1, 0.15) is 24.9 Å². The molecule has 0 aliphatic rings. The molecule has 0 aliphatic heterocycles. The van der Waals surface area contributed by atoms with E-state index < -0.39 is 0 Å². The fraction of sp³-hybridized carbons (Fsp3) is 0.333. The molecule has 0 aromatic carbocycles. The predicted molar refractivity (Wildman–Crippen MR) is 53.7 cm³/mol. The highest BCUT2D eigenvalue weighted by atomic mass is 15.3. The van der Waals surface area contributed by atoms with Crippen LogP contribution in [0, 0.1) is 0 Å². The first-order valence-corrected chi connectivity index (χ1v) is 4.59. The minimum absolute atomic E-state index is 0.214. The van der Waals surface area contributed by atoms with Crippen molar-refractivity contribution in [3.05, 3.63) is 30.4 Å². The van der Waals surface area contributed by atoms with Crippen LogP contribution in [0.15, 0.2) is 24.8 Å². The first-order valence-electron chi connectivity index (χ1n) is 4.59. The Balaban J connectivity index is 2.31. The van der Waals surface area contributed by atoms with Gasteiger partial charge in [0, 0.05) is 18.0 Å². The van der Waals surface area contributed by atoms with Crippen LogP contribution in [0.5, 0.6) is 0 Å². The number of anilines is 1. The monoisotopic (exact) mass is 191 g/mol. The van der Waals surface area contributed by atoms with Gasteiger partial charge in [0.05, 0.1) is 24.1 Å². The highest BCUT2D eigenvalue weighted by Gasteiger charge is 2.12. The summed E-state index contributed by atoms with van der Waals surface area (Å²) in [7, 11) is 0. The van der Waals surface area contributed by atoms with Gasteiger partial charge >= 0.3 is 0 Å². The summed E-state index contributed by atoms with van der Waals surface area (Å²) >= 11 is 0. The Labute approximate surface area is 81.9 Å². The van der Waals surface area contributed by atoms with Crippen molar-refractivity contribution >= 4 is 5.69 Å². The van der Waals surface area contributed by atoms with Gasteiger partial charge in [0.2, 0.25) is 0 Å². The topological polar surface area (TPSA) is 72.5 Å². The highest BCUT2D eigenvalue weighted by molar-refractivity contribution is 5.31. The number of H-pyrrole nitrogens is 1. The van der Waals surface area contributed by atoms with E-state index >= 15 is 0 Å². The minimum atomic E-state index is 0.214. The van der Waals surface area contributed by atoms with Gasteiger partial charge in [0.15, 0.2) is 0 Å². The second kappa shape index (κ2) is 3.53. The Kier molecular flexibility index (Phi) is 2.22. The number of aromatic nitrogens is 4. The van der Waals surface area contributed by atoms with Gasteiger partial charge in [0.25, 0.3) is 0 Å². The molecule has 5 nitrogen and oxygen atoms in total. The third-order valence-electron chi connectivity index (χ3n) is 2.23. The average molecular weight is 191 g/mol. The lowest BCUT2D eigenvalue weighted by Crippen LogP contribution is -2.09. The summed E-state index contributed by atoms with van der Waals surface area (Å²) in [5, 5.41) is 10.9. The molecule has 0 radical (unpaired) electrons. The van der Waals surface area contributed by atoms with E-state index in [0.717, 1.165) is 12.0 Å². The van der Waals surface area contributed by atoms with Crippen LogP contribution >= 0.6 is 0 Å². The van der Waals surface area contributed by atoms with E-state index in [1.807, 2.05) is 23.3 Å². The Morgan fingerprint density at radius 1 is 1.57 bits per heavy atom. The van der Waals surface area contributed by atoms with Gasteiger partial charge in [-0.1, -0.05) is 6.92 Å². The van der Waals surface area contributed by atoms with Crippen molar-refractivity contribution in [1.82, 2.24) is 20.0 Å². The van der Waals surface area contributed by atoms with Gasteiger partial charge in [-0.2, -0.15) is 10.2 Å². The van der Waals surface area contributed by atoms with E-state index in [9.17, 15) is 0 Å². The van der Waals surface area contributed by atoms with E-state index in [0.29, 0.717) is 5.69 Å². The molecular formula is C9H13N5. The molecule has 74 valence electrons. The first-order chi connectivity index (χ1) is 6.81. The summed E-state index contributed by atoms with van der Waals surface area (Å²) < 4.78 is 1.86. The SMILES string of the molecule is CCC(c1cn[nH]c1)n1cc(N)cn1. The second-order valence-corrected chi connectivity index (χ2v) is 3.21. The third-order valence-corrected chi connectivity index (χ3v) is 2.23. The third kappa shape index (κ3) is 1.48. The molecule has 2 aromatic heterocycles. The number of nitrogens with zero attached hydrogens (tertiary/aromatic N) is 3. The molecular weight excluding hydrogens is 178 g/mol. The smallest absolute Gasteiger partial charge is 0.0797 e. The van der Waals surface area contributed by atoms with Crippen LogP contribution in [0.3, 0.4) is 0 Å². The Hall–Kier alpha value is -1.78. The zero-order valence-corrected chi connectivity index (χ0v) is 8.01. The van der Waals surface area contributed by atoms with Crippen LogP contribution in [-0.4, -0.2) is 20.0 Å². The summed E-state index contributed by atoms with van der Waals surface area (Å²) in [5.74, 6) is 0. The van der Waals surface area contributed by atoms with Crippen molar-refractivity contribution in [1.29, 1.82) is 0 Å². The van der Waals surface area contributed by atoms with Crippen LogP contribution in [0.2, 0.25) is 0 Å². The van der Waals surface area contributed by atoms with Gasteiger partial charge in [-0.05, 0) is 6.42 Å². The van der Waals surface area contributed by atoms with Crippen molar-refractivity contribution in [2.24, 2.45) is 0 Å². The Morgan fingerprint density at radius 3 is 2.93 bits per heavy atom. The van der Waals surface area contributed by atoms with Gasteiger partial charge in [-0.3, -0.25) is 9.78 Å². The number of hydrogen-bond donors (Lipinski definition) is 2. The predicted octanol–water partition coefficient (Wildman–Crippen LogP) is 1.19. The van der Waals surface area contributed by atoms with Gasteiger partial charge < -0.3 is 5.73 Å². The van der Waals surface area contributed by atoms with E-state index in [1.165, 1.54) is 0 Å². The average Bonchev–Trinajstić information content (AvgIpc) is 2.79. The zero-order valence-electron chi connectivity index (χ0n) is 8.01. The maximum atomic E-state index is 5.62. The van der Waals surface area contributed by atoms with Crippen LogP contribution < -0.4 is 5.73 Å². The molecule has 0 aliphatic carbocycles. The van der Waals surface area contributed by atoms with E-state index in [2.05, 4.69) is 22.2 Å². The minimum Gasteiger partial charge on any atom is -0.396 e. The van der Waals surface area contributed by atoms with Gasteiger partial charge in [-0.25, -0.2) is 0 Å². The normalized spacial score (nSPS) is 12.9. The molecule has 0 saturated carbocycles. The molecule has 1 unspecified atom stereocenters. The summed E-state index contributed by atoms with van der Waals surface area (Å²) in [5.41, 5.74) is 7.43. The summed E-state index contributed by atoms with van der Waals surface area (Å²) in [6, 6.07) is 0.214. The molecule has 0 amide bonds. The maximum absolute atomic E-state index is 5.62. The number of rotatable bonds is 3. The van der Waals surface area contributed by atoms with Gasteiger partial charge in [-0.15, -0.1) is 0 Å². The summed E-state index contributed by atoms with van der Waals surface area (Å²) in [4.78, 5) is 0. The van der Waals surface area contributed by atoms with Crippen molar-refractivity contribution in [2.75, 3.05) is 5.73 Å². The standard InChI is InChI=1S/C9H13N5/c1-2-9(7-3-11-12-4-7)14-6-8(10)5-13-14/h3-6,9H,2,10H2,1H3,(H,11,12). The highest BCUT2D eigenvalue weighted by Crippen LogP contribution is 2.20. The maximum Gasteiger partial charge on any atom is 0.0797 e. The quantitative estimate of drug-likeness (QED) is 0.765. The molecule has 14 heavy (non-hydrogen) atoms. The van der Waals surface area contributed by atoms with Crippen LogP contribution in [0.25, 0.3) is 0 Å². The zero-order chi connectivity index (χ0) is 9.97. The van der Waals surface area contributed by atoms with Crippen molar-refractivity contribution in [2.45, 2.75) is 19.4 Å². The summed E-state index contributed by atoms with van der Waals surface area (Å²) in [6.07, 6.45) is 8.14. The molecule has 0 fully saturated rings. The number of nitrogen functional groups attached to an aromatic ring is 1. The fourth-order valence-electron chi connectivity index (χ4n) is 1.54.